The highest BCUT2D eigenvalue weighted by molar-refractivity contribution is 5.98. The lowest BCUT2D eigenvalue weighted by Crippen LogP contribution is -2.01. The molecule has 0 spiro atoms. The Balaban J connectivity index is 3.20. The molecule has 70 valence electrons. The summed E-state index contributed by atoms with van der Waals surface area (Å²) in [6, 6.07) is 4.33. The van der Waals surface area contributed by atoms with E-state index in [0.717, 1.165) is 0 Å². The number of hydrogen-bond acceptors (Lipinski definition) is 2. The van der Waals surface area contributed by atoms with Crippen molar-refractivity contribution in [2.45, 2.75) is 13.3 Å². The molecule has 0 aliphatic heterocycles. The average molecular weight is 182 g/mol. The minimum absolute atomic E-state index is 0.0364. The summed E-state index contributed by atoms with van der Waals surface area (Å²) >= 11 is 0. The van der Waals surface area contributed by atoms with E-state index >= 15 is 0 Å². The minimum Gasteiger partial charge on any atom is -0.493 e. The first-order chi connectivity index (χ1) is 6.20. The maximum Gasteiger partial charge on any atom is 0.166 e. The number of ketones is 1. The van der Waals surface area contributed by atoms with Gasteiger partial charge in [0.15, 0.2) is 17.3 Å². The third-order valence-electron chi connectivity index (χ3n) is 1.79. The predicted molar refractivity (Wildman–Crippen MR) is 47.6 cm³/mol. The van der Waals surface area contributed by atoms with Crippen LogP contribution in [0.2, 0.25) is 0 Å². The molecule has 0 aromatic heterocycles. The Kier molecular flexibility index (Phi) is 3.01. The van der Waals surface area contributed by atoms with Crippen molar-refractivity contribution in [3.05, 3.63) is 29.6 Å². The molecule has 0 N–H and O–H groups in total. The van der Waals surface area contributed by atoms with Crippen LogP contribution in [-0.4, -0.2) is 12.9 Å². The largest absolute Gasteiger partial charge is 0.493 e. The van der Waals surface area contributed by atoms with E-state index in [-0.39, 0.29) is 11.5 Å². The molecule has 0 aliphatic carbocycles. The van der Waals surface area contributed by atoms with E-state index < -0.39 is 5.82 Å². The van der Waals surface area contributed by atoms with Crippen LogP contribution in [0.15, 0.2) is 18.2 Å². The Morgan fingerprint density at radius 2 is 2.23 bits per heavy atom. The molecule has 2 nitrogen and oxygen atoms in total. The lowest BCUT2D eigenvalue weighted by atomic mass is 10.1. The van der Waals surface area contributed by atoms with Gasteiger partial charge in [-0.3, -0.25) is 4.79 Å². The second kappa shape index (κ2) is 4.03. The second-order valence-corrected chi connectivity index (χ2v) is 2.60. The fourth-order valence-electron chi connectivity index (χ4n) is 1.13. The zero-order chi connectivity index (χ0) is 9.84. The zero-order valence-electron chi connectivity index (χ0n) is 7.63. The molecular weight excluding hydrogens is 171 g/mol. The van der Waals surface area contributed by atoms with Crippen LogP contribution >= 0.6 is 0 Å². The SMILES string of the molecule is CCC(=O)c1cccc(F)c1OC. The van der Waals surface area contributed by atoms with Gasteiger partial charge in [0, 0.05) is 6.42 Å². The van der Waals surface area contributed by atoms with Gasteiger partial charge in [0.1, 0.15) is 0 Å². The van der Waals surface area contributed by atoms with Gasteiger partial charge in [-0.25, -0.2) is 4.39 Å². The highest BCUT2D eigenvalue weighted by Crippen LogP contribution is 2.23. The molecule has 1 aromatic carbocycles. The van der Waals surface area contributed by atoms with Crippen LogP contribution in [0.1, 0.15) is 23.7 Å². The number of para-hydroxylation sites is 1. The summed E-state index contributed by atoms with van der Waals surface area (Å²) < 4.78 is 17.9. The molecule has 0 saturated heterocycles. The number of Topliss-reactive ketones (excluding diaryl/α,β-unsaturated/α-hetero) is 1. The molecule has 0 amide bonds. The molecule has 3 heteroatoms. The van der Waals surface area contributed by atoms with Gasteiger partial charge in [-0.1, -0.05) is 13.0 Å². The van der Waals surface area contributed by atoms with E-state index in [9.17, 15) is 9.18 Å². The molecule has 0 bridgehead atoms. The average Bonchev–Trinajstić information content (AvgIpc) is 2.16. The van der Waals surface area contributed by atoms with Gasteiger partial charge >= 0.3 is 0 Å². The Labute approximate surface area is 76.3 Å². The van der Waals surface area contributed by atoms with E-state index in [0.29, 0.717) is 12.0 Å². The summed E-state index contributed by atoms with van der Waals surface area (Å²) in [6.45, 7) is 1.73. The minimum atomic E-state index is -0.498. The second-order valence-electron chi connectivity index (χ2n) is 2.60. The van der Waals surface area contributed by atoms with E-state index in [1.54, 1.807) is 13.0 Å². The normalized spacial score (nSPS) is 9.77. The number of methoxy groups -OCH3 is 1. The van der Waals surface area contributed by atoms with Gasteiger partial charge in [-0.15, -0.1) is 0 Å². The summed E-state index contributed by atoms with van der Waals surface area (Å²) in [6.07, 6.45) is 0.347. The number of rotatable bonds is 3. The quantitative estimate of drug-likeness (QED) is 0.671. The topological polar surface area (TPSA) is 26.3 Å². The molecule has 0 saturated carbocycles. The summed E-state index contributed by atoms with van der Waals surface area (Å²) in [7, 11) is 1.35. The van der Waals surface area contributed by atoms with Crippen LogP contribution in [0.25, 0.3) is 0 Å². The van der Waals surface area contributed by atoms with Gasteiger partial charge in [0.2, 0.25) is 0 Å². The highest BCUT2D eigenvalue weighted by atomic mass is 19.1. The Hall–Kier alpha value is -1.38. The molecule has 0 heterocycles. The first-order valence-corrected chi connectivity index (χ1v) is 4.06. The number of benzene rings is 1. The van der Waals surface area contributed by atoms with Crippen molar-refractivity contribution in [3.8, 4) is 5.75 Å². The Morgan fingerprint density at radius 3 is 2.77 bits per heavy atom. The van der Waals surface area contributed by atoms with Gasteiger partial charge in [-0.05, 0) is 12.1 Å². The molecular formula is C10H11FO2. The molecule has 0 radical (unpaired) electrons. The first-order valence-electron chi connectivity index (χ1n) is 4.06. The first kappa shape index (κ1) is 9.71. The van der Waals surface area contributed by atoms with E-state index in [1.807, 2.05) is 0 Å². The van der Waals surface area contributed by atoms with Crippen molar-refractivity contribution in [1.82, 2.24) is 0 Å². The lowest BCUT2D eigenvalue weighted by molar-refractivity contribution is 0.0984. The van der Waals surface area contributed by atoms with Crippen LogP contribution in [-0.2, 0) is 0 Å². The zero-order valence-corrected chi connectivity index (χ0v) is 7.63. The Morgan fingerprint density at radius 1 is 1.54 bits per heavy atom. The molecule has 13 heavy (non-hydrogen) atoms. The fraction of sp³-hybridized carbons (Fsp3) is 0.300. The summed E-state index contributed by atoms with van der Waals surface area (Å²) in [5, 5.41) is 0. The highest BCUT2D eigenvalue weighted by Gasteiger charge is 2.13. The van der Waals surface area contributed by atoms with E-state index in [1.165, 1.54) is 19.2 Å². The van der Waals surface area contributed by atoms with Gasteiger partial charge in [-0.2, -0.15) is 0 Å². The van der Waals surface area contributed by atoms with Gasteiger partial charge < -0.3 is 4.74 Å². The third-order valence-corrected chi connectivity index (χ3v) is 1.79. The number of halogens is 1. The molecule has 0 fully saturated rings. The maximum absolute atomic E-state index is 13.1. The van der Waals surface area contributed by atoms with Crippen LogP contribution in [0, 0.1) is 5.82 Å². The van der Waals surface area contributed by atoms with Gasteiger partial charge in [0.05, 0.1) is 12.7 Å². The summed E-state index contributed by atoms with van der Waals surface area (Å²) in [5.74, 6) is -0.576. The van der Waals surface area contributed by atoms with Crippen molar-refractivity contribution < 1.29 is 13.9 Å². The van der Waals surface area contributed by atoms with E-state index in [4.69, 9.17) is 4.74 Å². The van der Waals surface area contributed by atoms with E-state index in [2.05, 4.69) is 0 Å². The van der Waals surface area contributed by atoms with Crippen molar-refractivity contribution in [2.75, 3.05) is 7.11 Å². The van der Waals surface area contributed by atoms with Crippen LogP contribution in [0.3, 0.4) is 0 Å². The molecule has 0 aliphatic rings. The molecule has 1 rings (SSSR count). The van der Waals surface area contributed by atoms with Crippen LogP contribution in [0.5, 0.6) is 5.75 Å². The van der Waals surface area contributed by atoms with Crippen molar-refractivity contribution in [1.29, 1.82) is 0 Å². The summed E-state index contributed by atoms with van der Waals surface area (Å²) in [5.41, 5.74) is 0.310. The van der Waals surface area contributed by atoms with Crippen molar-refractivity contribution in [2.24, 2.45) is 0 Å². The lowest BCUT2D eigenvalue weighted by Gasteiger charge is -2.06. The maximum atomic E-state index is 13.1. The third kappa shape index (κ3) is 1.86. The van der Waals surface area contributed by atoms with Crippen LogP contribution in [0.4, 0.5) is 4.39 Å². The monoisotopic (exact) mass is 182 g/mol. The Bertz CT molecular complexity index is 321. The summed E-state index contributed by atoms with van der Waals surface area (Å²) in [4.78, 5) is 11.3. The number of carbonyl (C=O) groups is 1. The standard InChI is InChI=1S/C10H11FO2/c1-3-9(12)7-5-4-6-8(11)10(7)13-2/h4-6H,3H2,1-2H3. The number of ether oxygens (including phenoxy) is 1. The molecule has 1 aromatic rings. The number of hydrogen-bond donors (Lipinski definition) is 0. The smallest absolute Gasteiger partial charge is 0.166 e. The van der Waals surface area contributed by atoms with Crippen molar-refractivity contribution >= 4 is 5.78 Å². The van der Waals surface area contributed by atoms with Crippen LogP contribution < -0.4 is 4.74 Å². The molecule has 0 unspecified atom stereocenters. The predicted octanol–water partition coefficient (Wildman–Crippen LogP) is 2.43. The van der Waals surface area contributed by atoms with Gasteiger partial charge in [0.25, 0.3) is 0 Å². The van der Waals surface area contributed by atoms with Crippen molar-refractivity contribution in [3.63, 3.8) is 0 Å². The fourth-order valence-corrected chi connectivity index (χ4v) is 1.13. The number of carbonyl (C=O) groups excluding carboxylic acids is 1. The molecule has 0 atom stereocenters.